The highest BCUT2D eigenvalue weighted by atomic mass is 16.5. The van der Waals surface area contributed by atoms with E-state index in [-0.39, 0.29) is 5.91 Å². The van der Waals surface area contributed by atoms with Gasteiger partial charge >= 0.3 is 0 Å². The summed E-state index contributed by atoms with van der Waals surface area (Å²) in [5, 5.41) is 3.04. The summed E-state index contributed by atoms with van der Waals surface area (Å²) in [7, 11) is 1.65. The molecular weight excluding hydrogens is 350 g/mol. The minimum absolute atomic E-state index is 0.0929. The highest BCUT2D eigenvalue weighted by Gasteiger charge is 2.21. The van der Waals surface area contributed by atoms with E-state index < -0.39 is 0 Å². The number of benzene rings is 1. The largest absolute Gasteiger partial charge is 0.497 e. The summed E-state index contributed by atoms with van der Waals surface area (Å²) in [6.07, 6.45) is 7.72. The number of aromatic nitrogens is 1. The molecule has 28 heavy (non-hydrogen) atoms. The van der Waals surface area contributed by atoms with Crippen molar-refractivity contribution in [3.8, 4) is 5.75 Å². The van der Waals surface area contributed by atoms with Crippen LogP contribution in [0.1, 0.15) is 42.4 Å². The fourth-order valence-corrected chi connectivity index (χ4v) is 3.90. The van der Waals surface area contributed by atoms with Crippen LogP contribution in [0.25, 0.3) is 0 Å². The molecule has 1 aromatic carbocycles. The first-order chi connectivity index (χ1) is 13.5. The lowest BCUT2D eigenvalue weighted by Crippen LogP contribution is -2.35. The molecule has 5 nitrogen and oxygen atoms in total. The van der Waals surface area contributed by atoms with E-state index >= 15 is 0 Å². The number of aryl methyl sites for hydroxylation is 2. The van der Waals surface area contributed by atoms with Crippen molar-refractivity contribution in [1.29, 1.82) is 0 Å². The summed E-state index contributed by atoms with van der Waals surface area (Å²) in [5.41, 5.74) is 4.48. The van der Waals surface area contributed by atoms with Crippen molar-refractivity contribution in [2.24, 2.45) is 5.92 Å². The minimum Gasteiger partial charge on any atom is -0.497 e. The van der Waals surface area contributed by atoms with E-state index in [1.54, 1.807) is 7.11 Å². The molecule has 1 unspecified atom stereocenters. The monoisotopic (exact) mass is 381 g/mol. The predicted molar refractivity (Wildman–Crippen MR) is 113 cm³/mol. The molecule has 2 aromatic rings. The van der Waals surface area contributed by atoms with Gasteiger partial charge in [-0.05, 0) is 86.5 Å². The Balaban J connectivity index is 1.47. The van der Waals surface area contributed by atoms with Gasteiger partial charge < -0.3 is 10.1 Å². The standard InChI is InChI=1S/C23H31N3O2/c1-17-13-21(28-3)7-8-22(17)25-23(27)9-6-19-5-4-12-26(15-19)16-20-10-11-24-14-18(20)2/h7-8,10-11,13-14,19H,4-6,9,12,15-16H2,1-3H3,(H,25,27). The molecule has 1 amide bonds. The normalized spacial score (nSPS) is 17.3. The van der Waals surface area contributed by atoms with Crippen LogP contribution in [0.5, 0.6) is 5.75 Å². The van der Waals surface area contributed by atoms with Crippen LogP contribution < -0.4 is 10.1 Å². The maximum atomic E-state index is 12.4. The fraction of sp³-hybridized carbons (Fsp3) is 0.478. The summed E-state index contributed by atoms with van der Waals surface area (Å²) in [5.74, 6) is 1.48. The zero-order chi connectivity index (χ0) is 19.9. The average molecular weight is 382 g/mol. The summed E-state index contributed by atoms with van der Waals surface area (Å²) in [6, 6.07) is 7.84. The fourth-order valence-electron chi connectivity index (χ4n) is 3.90. The Kier molecular flexibility index (Phi) is 7.04. The van der Waals surface area contributed by atoms with Crippen molar-refractivity contribution in [2.75, 3.05) is 25.5 Å². The Hall–Kier alpha value is -2.40. The molecule has 5 heteroatoms. The molecule has 1 aromatic heterocycles. The van der Waals surface area contributed by atoms with Crippen molar-refractivity contribution >= 4 is 11.6 Å². The first-order valence-electron chi connectivity index (χ1n) is 10.1. The number of amides is 1. The van der Waals surface area contributed by atoms with Gasteiger partial charge in [0.05, 0.1) is 7.11 Å². The maximum Gasteiger partial charge on any atom is 0.224 e. The zero-order valence-electron chi connectivity index (χ0n) is 17.2. The van der Waals surface area contributed by atoms with Gasteiger partial charge in [-0.2, -0.15) is 0 Å². The van der Waals surface area contributed by atoms with E-state index in [9.17, 15) is 4.79 Å². The molecule has 3 rings (SSSR count). The van der Waals surface area contributed by atoms with Gasteiger partial charge in [0.2, 0.25) is 5.91 Å². The van der Waals surface area contributed by atoms with Crippen LogP contribution in [0.3, 0.4) is 0 Å². The van der Waals surface area contributed by atoms with Gasteiger partial charge in [0.25, 0.3) is 0 Å². The molecule has 1 aliphatic heterocycles. The Morgan fingerprint density at radius 1 is 1.29 bits per heavy atom. The first-order valence-corrected chi connectivity index (χ1v) is 10.1. The van der Waals surface area contributed by atoms with Crippen molar-refractivity contribution in [3.05, 3.63) is 53.3 Å². The number of nitrogens with one attached hydrogen (secondary N) is 1. The molecule has 1 fully saturated rings. The SMILES string of the molecule is COc1ccc(NC(=O)CCC2CCCN(Cc3ccncc3C)C2)c(C)c1. The number of rotatable bonds is 7. The summed E-state index contributed by atoms with van der Waals surface area (Å²) in [6.45, 7) is 7.28. The van der Waals surface area contributed by atoms with E-state index in [0.29, 0.717) is 12.3 Å². The second-order valence-electron chi connectivity index (χ2n) is 7.81. The molecule has 1 N–H and O–H groups in total. The van der Waals surface area contributed by atoms with Crippen LogP contribution in [0.4, 0.5) is 5.69 Å². The molecule has 0 radical (unpaired) electrons. The molecule has 0 aliphatic carbocycles. The third kappa shape index (κ3) is 5.55. The topological polar surface area (TPSA) is 54.5 Å². The average Bonchev–Trinajstić information content (AvgIpc) is 2.70. The number of hydrogen-bond acceptors (Lipinski definition) is 4. The molecule has 1 atom stereocenters. The smallest absolute Gasteiger partial charge is 0.224 e. The van der Waals surface area contributed by atoms with Crippen molar-refractivity contribution in [1.82, 2.24) is 9.88 Å². The molecule has 0 bridgehead atoms. The van der Waals surface area contributed by atoms with E-state index in [1.165, 1.54) is 24.0 Å². The Bertz CT molecular complexity index is 806. The summed E-state index contributed by atoms with van der Waals surface area (Å²) in [4.78, 5) is 19.1. The van der Waals surface area contributed by atoms with Crippen molar-refractivity contribution < 1.29 is 9.53 Å². The molecule has 150 valence electrons. The summed E-state index contributed by atoms with van der Waals surface area (Å²) >= 11 is 0. The van der Waals surface area contributed by atoms with Gasteiger partial charge in [0.15, 0.2) is 0 Å². The van der Waals surface area contributed by atoms with Crippen LogP contribution in [0, 0.1) is 19.8 Å². The van der Waals surface area contributed by atoms with Crippen LogP contribution in [0.2, 0.25) is 0 Å². The number of nitrogens with zero attached hydrogens (tertiary/aromatic N) is 2. The number of ether oxygens (including phenoxy) is 1. The number of likely N-dealkylation sites (tertiary alicyclic amines) is 1. The number of carbonyl (C=O) groups is 1. The zero-order valence-corrected chi connectivity index (χ0v) is 17.2. The molecule has 2 heterocycles. The minimum atomic E-state index is 0.0929. The Morgan fingerprint density at radius 2 is 2.14 bits per heavy atom. The lowest BCUT2D eigenvalue weighted by molar-refractivity contribution is -0.116. The van der Waals surface area contributed by atoms with Gasteiger partial charge in [-0.25, -0.2) is 0 Å². The molecule has 0 spiro atoms. The summed E-state index contributed by atoms with van der Waals surface area (Å²) < 4.78 is 5.22. The second kappa shape index (κ2) is 9.69. The third-order valence-corrected chi connectivity index (χ3v) is 5.62. The van der Waals surface area contributed by atoms with Gasteiger partial charge in [-0.15, -0.1) is 0 Å². The Labute approximate surface area is 168 Å². The van der Waals surface area contributed by atoms with Crippen LogP contribution >= 0.6 is 0 Å². The van der Waals surface area contributed by atoms with Gasteiger partial charge in [-0.3, -0.25) is 14.7 Å². The van der Waals surface area contributed by atoms with E-state index in [1.807, 2.05) is 37.5 Å². The van der Waals surface area contributed by atoms with E-state index in [4.69, 9.17) is 4.74 Å². The van der Waals surface area contributed by atoms with Crippen LogP contribution in [-0.2, 0) is 11.3 Å². The van der Waals surface area contributed by atoms with Crippen molar-refractivity contribution in [2.45, 2.75) is 46.1 Å². The number of hydrogen-bond donors (Lipinski definition) is 1. The Morgan fingerprint density at radius 3 is 2.89 bits per heavy atom. The molecule has 1 aliphatic rings. The first kappa shape index (κ1) is 20.3. The van der Waals surface area contributed by atoms with Gasteiger partial charge in [0.1, 0.15) is 5.75 Å². The quantitative estimate of drug-likeness (QED) is 0.775. The number of anilines is 1. The van der Waals surface area contributed by atoms with E-state index in [2.05, 4.69) is 28.2 Å². The van der Waals surface area contributed by atoms with E-state index in [0.717, 1.165) is 43.1 Å². The number of pyridine rings is 1. The predicted octanol–water partition coefficient (Wildman–Crippen LogP) is 4.34. The third-order valence-electron chi connectivity index (χ3n) is 5.62. The lowest BCUT2D eigenvalue weighted by Gasteiger charge is -2.33. The van der Waals surface area contributed by atoms with Gasteiger partial charge in [0, 0.05) is 37.6 Å². The second-order valence-corrected chi connectivity index (χ2v) is 7.81. The number of piperidine rings is 1. The maximum absolute atomic E-state index is 12.4. The van der Waals surface area contributed by atoms with Crippen LogP contribution in [-0.4, -0.2) is 36.0 Å². The lowest BCUT2D eigenvalue weighted by atomic mass is 9.92. The highest BCUT2D eigenvalue weighted by Crippen LogP contribution is 2.24. The van der Waals surface area contributed by atoms with Crippen molar-refractivity contribution in [3.63, 3.8) is 0 Å². The highest BCUT2D eigenvalue weighted by molar-refractivity contribution is 5.91. The molecular formula is C23H31N3O2. The van der Waals surface area contributed by atoms with Crippen LogP contribution in [0.15, 0.2) is 36.7 Å². The number of carbonyl (C=O) groups excluding carboxylic acids is 1. The number of methoxy groups -OCH3 is 1. The molecule has 1 saturated heterocycles. The van der Waals surface area contributed by atoms with Gasteiger partial charge in [-0.1, -0.05) is 0 Å². The molecule has 0 saturated carbocycles.